The molecule has 14 heteroatoms. The SMILES string of the molecule is CCc1c(N2CCCC2=O)cccc1S(=O)(=O)N[C@@H](CNC(=O)c1ccc(Cl)s1)C(=O)OCCc1nccn1C. The molecule has 3 aromatic rings. The zero-order chi connectivity index (χ0) is 28.9. The molecule has 2 amide bonds. The second-order valence-electron chi connectivity index (χ2n) is 9.12. The molecule has 1 atom stereocenters. The molecule has 11 nitrogen and oxygen atoms in total. The summed E-state index contributed by atoms with van der Waals surface area (Å²) in [6.07, 6.45) is 5.13. The molecule has 0 saturated carbocycles. The number of esters is 1. The van der Waals surface area contributed by atoms with E-state index in [0.717, 1.165) is 11.3 Å². The van der Waals surface area contributed by atoms with Gasteiger partial charge in [0.05, 0.1) is 20.7 Å². The van der Waals surface area contributed by atoms with Gasteiger partial charge in [0.1, 0.15) is 11.9 Å². The summed E-state index contributed by atoms with van der Waals surface area (Å²) in [4.78, 5) is 44.1. The molecule has 0 spiro atoms. The number of anilines is 1. The van der Waals surface area contributed by atoms with Gasteiger partial charge in [-0.3, -0.25) is 14.4 Å². The molecular formula is C26H30ClN5O6S2. The van der Waals surface area contributed by atoms with E-state index < -0.39 is 27.9 Å². The van der Waals surface area contributed by atoms with E-state index in [0.29, 0.717) is 58.5 Å². The van der Waals surface area contributed by atoms with Crippen molar-refractivity contribution in [2.45, 2.75) is 43.5 Å². The van der Waals surface area contributed by atoms with Crippen LogP contribution in [0.3, 0.4) is 0 Å². The van der Waals surface area contributed by atoms with E-state index >= 15 is 0 Å². The molecule has 1 fully saturated rings. The Hall–Kier alpha value is -3.26. The van der Waals surface area contributed by atoms with Crippen LogP contribution in [-0.4, -0.2) is 61.5 Å². The predicted molar refractivity (Wildman–Crippen MR) is 151 cm³/mol. The molecule has 1 aliphatic heterocycles. The fourth-order valence-corrected chi connectivity index (χ4v) is 6.91. The Morgan fingerprint density at radius 1 is 1.25 bits per heavy atom. The standard InChI is InChI=1S/C26H30ClN5O6S2/c1-3-17-19(32-13-5-8-24(32)33)6-4-7-21(17)40(36,37)30-18(16-29-25(34)20-9-10-22(27)39-20)26(35)38-15-11-23-28-12-14-31(23)2/h4,6-7,9-10,12,14,18,30H,3,5,8,11,13,15-16H2,1-2H3,(H,29,34)/t18-/m0/s1. The molecule has 2 N–H and O–H groups in total. The number of carbonyl (C=O) groups is 3. The van der Waals surface area contributed by atoms with E-state index in [2.05, 4.69) is 15.0 Å². The number of aryl methyl sites for hydroxylation is 1. The topological polar surface area (TPSA) is 140 Å². The Kier molecular flexibility index (Phi) is 9.61. The van der Waals surface area contributed by atoms with Crippen LogP contribution >= 0.6 is 22.9 Å². The van der Waals surface area contributed by atoms with Crippen LogP contribution in [0, 0.1) is 0 Å². The molecule has 214 valence electrons. The first-order chi connectivity index (χ1) is 19.1. The van der Waals surface area contributed by atoms with E-state index in [-0.39, 0.29) is 24.0 Å². The molecule has 2 aromatic heterocycles. The van der Waals surface area contributed by atoms with E-state index in [9.17, 15) is 22.8 Å². The lowest BCUT2D eigenvalue weighted by atomic mass is 10.1. The summed E-state index contributed by atoms with van der Waals surface area (Å²) in [5.74, 6) is -0.742. The average molecular weight is 608 g/mol. The number of benzene rings is 1. The lowest BCUT2D eigenvalue weighted by Gasteiger charge is -2.23. The highest BCUT2D eigenvalue weighted by Gasteiger charge is 2.32. The van der Waals surface area contributed by atoms with Gasteiger partial charge in [-0.2, -0.15) is 4.72 Å². The predicted octanol–water partition coefficient (Wildman–Crippen LogP) is 2.69. The Morgan fingerprint density at radius 3 is 2.67 bits per heavy atom. The number of halogens is 1. The monoisotopic (exact) mass is 607 g/mol. The van der Waals surface area contributed by atoms with Crippen LogP contribution in [0.25, 0.3) is 0 Å². The van der Waals surface area contributed by atoms with E-state index in [4.69, 9.17) is 16.3 Å². The van der Waals surface area contributed by atoms with Crippen molar-refractivity contribution in [1.82, 2.24) is 19.6 Å². The zero-order valence-electron chi connectivity index (χ0n) is 22.1. The number of rotatable bonds is 12. The summed E-state index contributed by atoms with van der Waals surface area (Å²) in [5, 5.41) is 2.59. The van der Waals surface area contributed by atoms with Crippen LogP contribution in [0.2, 0.25) is 4.34 Å². The van der Waals surface area contributed by atoms with Crippen molar-refractivity contribution in [3.63, 3.8) is 0 Å². The van der Waals surface area contributed by atoms with Crippen molar-refractivity contribution in [3.8, 4) is 0 Å². The highest BCUT2D eigenvalue weighted by Crippen LogP contribution is 2.31. The van der Waals surface area contributed by atoms with Crippen molar-refractivity contribution in [3.05, 3.63) is 63.3 Å². The molecule has 1 aliphatic rings. The normalized spacial score (nSPS) is 14.4. The van der Waals surface area contributed by atoms with E-state index in [1.807, 2.05) is 7.05 Å². The summed E-state index contributed by atoms with van der Waals surface area (Å²) >= 11 is 6.98. The molecule has 0 aliphatic carbocycles. The van der Waals surface area contributed by atoms with Gasteiger partial charge in [0.15, 0.2) is 0 Å². The van der Waals surface area contributed by atoms with Gasteiger partial charge in [0.2, 0.25) is 15.9 Å². The number of sulfonamides is 1. The second kappa shape index (κ2) is 12.9. The third-order valence-electron chi connectivity index (χ3n) is 6.45. The molecule has 0 bridgehead atoms. The van der Waals surface area contributed by atoms with E-state index in [1.165, 1.54) is 12.1 Å². The summed E-state index contributed by atoms with van der Waals surface area (Å²) in [6, 6.07) is 6.39. The third-order valence-corrected chi connectivity index (χ3v) is 9.24. The Bertz CT molecular complexity index is 1500. The maximum Gasteiger partial charge on any atom is 0.326 e. The Morgan fingerprint density at radius 2 is 2.05 bits per heavy atom. The quantitative estimate of drug-likeness (QED) is 0.302. The van der Waals surface area contributed by atoms with Crippen molar-refractivity contribution in [2.24, 2.45) is 7.05 Å². The van der Waals surface area contributed by atoms with Gasteiger partial charge in [-0.1, -0.05) is 24.6 Å². The van der Waals surface area contributed by atoms with Crippen molar-refractivity contribution in [1.29, 1.82) is 0 Å². The molecule has 1 aromatic carbocycles. The summed E-state index contributed by atoms with van der Waals surface area (Å²) in [7, 11) is -2.47. The van der Waals surface area contributed by atoms with E-state index in [1.54, 1.807) is 47.0 Å². The largest absolute Gasteiger partial charge is 0.464 e. The molecule has 3 heterocycles. The molecule has 4 rings (SSSR count). The highest BCUT2D eigenvalue weighted by atomic mass is 35.5. The van der Waals surface area contributed by atoms with Crippen molar-refractivity contribution in [2.75, 3.05) is 24.6 Å². The van der Waals surface area contributed by atoms with Crippen LogP contribution < -0.4 is 14.9 Å². The van der Waals surface area contributed by atoms with Crippen LogP contribution in [0.15, 0.2) is 47.6 Å². The summed E-state index contributed by atoms with van der Waals surface area (Å²) < 4.78 is 37.3. The number of aromatic nitrogens is 2. The van der Waals surface area contributed by atoms with Gasteiger partial charge in [-0.05, 0) is 42.7 Å². The number of hydrogen-bond donors (Lipinski definition) is 2. The molecular weight excluding hydrogens is 578 g/mol. The van der Waals surface area contributed by atoms with Crippen LogP contribution in [-0.2, 0) is 44.2 Å². The Balaban J connectivity index is 1.55. The second-order valence-corrected chi connectivity index (χ2v) is 12.5. The summed E-state index contributed by atoms with van der Waals surface area (Å²) in [5.41, 5.74) is 0.995. The van der Waals surface area contributed by atoms with Gasteiger partial charge in [-0.15, -0.1) is 11.3 Å². The number of imidazole rings is 1. The van der Waals surface area contributed by atoms with Crippen LogP contribution in [0.5, 0.6) is 0 Å². The minimum atomic E-state index is -4.28. The molecule has 1 saturated heterocycles. The van der Waals surface area contributed by atoms with Gasteiger partial charge in [0.25, 0.3) is 5.91 Å². The lowest BCUT2D eigenvalue weighted by Crippen LogP contribution is -2.49. The van der Waals surface area contributed by atoms with Gasteiger partial charge >= 0.3 is 5.97 Å². The maximum atomic E-state index is 13.6. The van der Waals surface area contributed by atoms with Crippen molar-refractivity contribution < 1.29 is 27.5 Å². The van der Waals surface area contributed by atoms with Crippen molar-refractivity contribution >= 4 is 56.4 Å². The third kappa shape index (κ3) is 6.89. The molecule has 0 unspecified atom stereocenters. The number of ether oxygens (including phenoxy) is 1. The lowest BCUT2D eigenvalue weighted by molar-refractivity contribution is -0.145. The number of thiophene rings is 1. The zero-order valence-corrected chi connectivity index (χ0v) is 24.4. The Labute approximate surface area is 241 Å². The van der Waals surface area contributed by atoms with Crippen LogP contribution in [0.4, 0.5) is 5.69 Å². The number of hydrogen-bond acceptors (Lipinski definition) is 8. The maximum absolute atomic E-state index is 13.6. The average Bonchev–Trinajstić information content (AvgIpc) is 3.67. The first-order valence-corrected chi connectivity index (χ1v) is 15.4. The van der Waals surface area contributed by atoms with Gasteiger partial charge in [0, 0.05) is 51.1 Å². The molecule has 0 radical (unpaired) electrons. The van der Waals surface area contributed by atoms with Gasteiger partial charge < -0.3 is 19.5 Å². The molecule has 40 heavy (non-hydrogen) atoms. The fraction of sp³-hybridized carbons (Fsp3) is 0.385. The smallest absolute Gasteiger partial charge is 0.326 e. The van der Waals surface area contributed by atoms with Crippen LogP contribution in [0.1, 0.15) is 40.8 Å². The fourth-order valence-electron chi connectivity index (χ4n) is 4.44. The number of amides is 2. The highest BCUT2D eigenvalue weighted by molar-refractivity contribution is 7.89. The number of nitrogens with zero attached hydrogens (tertiary/aromatic N) is 3. The van der Waals surface area contributed by atoms with Gasteiger partial charge in [-0.25, -0.2) is 13.4 Å². The number of nitrogens with one attached hydrogen (secondary N) is 2. The number of carbonyl (C=O) groups excluding carboxylic acids is 3. The first kappa shape index (κ1) is 29.7. The minimum Gasteiger partial charge on any atom is -0.464 e. The summed E-state index contributed by atoms with van der Waals surface area (Å²) in [6.45, 7) is 1.91. The first-order valence-electron chi connectivity index (χ1n) is 12.7. The minimum absolute atomic E-state index is 0.0385.